The number of nitrogens with one attached hydrogen (secondary N) is 2. The van der Waals surface area contributed by atoms with Gasteiger partial charge in [-0.25, -0.2) is 0 Å². The highest BCUT2D eigenvalue weighted by molar-refractivity contribution is 8.10. The van der Waals surface area contributed by atoms with Crippen LogP contribution >= 0.6 is 11.8 Å². The molecule has 1 aromatic carbocycles. The number of thioether (sulfide) groups is 1. The molecule has 16 heavy (non-hydrogen) atoms. The Morgan fingerprint density at radius 3 is 2.88 bits per heavy atom. The van der Waals surface area contributed by atoms with Crippen molar-refractivity contribution in [3.05, 3.63) is 45.3 Å². The highest BCUT2D eigenvalue weighted by Crippen LogP contribution is 2.30. The van der Waals surface area contributed by atoms with E-state index in [0.717, 1.165) is 21.0 Å². The second-order valence-electron chi connectivity index (χ2n) is 3.52. The maximum absolute atomic E-state index is 11.2. The zero-order valence-corrected chi connectivity index (χ0v) is 9.10. The fraction of sp³-hybridized carbons (Fsp3) is 0. The third-order valence-electron chi connectivity index (χ3n) is 2.55. The third kappa shape index (κ3) is 1.22. The lowest BCUT2D eigenvalue weighted by molar-refractivity contribution is -0.114. The van der Waals surface area contributed by atoms with Gasteiger partial charge in [0.25, 0.3) is 5.91 Å². The minimum absolute atomic E-state index is 0.436. The lowest BCUT2D eigenvalue weighted by Crippen LogP contribution is -2.35. The number of hydrogen-bond acceptors (Lipinski definition) is 4. The number of amides is 1. The molecule has 0 aliphatic carbocycles. The number of nitrogens with two attached hydrogens (primary N) is 1. The predicted molar refractivity (Wildman–Crippen MR) is 63.6 cm³/mol. The summed E-state index contributed by atoms with van der Waals surface area (Å²) in [5, 5.41) is 4.25. The van der Waals surface area contributed by atoms with E-state index in [-0.39, 0.29) is 0 Å². The normalized spacial score (nSPS) is 16.9. The number of carbonyl (C=O) groups excluding carboxylic acids is 1. The molecule has 0 unspecified atom stereocenters. The lowest BCUT2D eigenvalue weighted by Gasteiger charge is -2.07. The molecule has 2 aliphatic rings. The molecule has 0 radical (unpaired) electrons. The van der Waals surface area contributed by atoms with Gasteiger partial charge in [0, 0.05) is 5.22 Å². The SMILES string of the molecule is NC(=O)C1=C2SC=c3ccccc3=C2NN1. The number of rotatable bonds is 1. The molecule has 0 spiro atoms. The summed E-state index contributed by atoms with van der Waals surface area (Å²) in [5.74, 6) is -0.446. The zero-order valence-electron chi connectivity index (χ0n) is 8.28. The molecule has 2 heterocycles. The molecule has 0 bridgehead atoms. The molecular formula is C11H9N3OS. The minimum Gasteiger partial charge on any atom is -0.364 e. The summed E-state index contributed by atoms with van der Waals surface area (Å²) < 4.78 is 0. The van der Waals surface area contributed by atoms with E-state index in [1.54, 1.807) is 0 Å². The summed E-state index contributed by atoms with van der Waals surface area (Å²) in [6.07, 6.45) is 0. The summed E-state index contributed by atoms with van der Waals surface area (Å²) in [6.45, 7) is 0. The fourth-order valence-corrected chi connectivity index (χ4v) is 2.79. The molecule has 4 N–H and O–H groups in total. The van der Waals surface area contributed by atoms with Crippen molar-refractivity contribution in [1.82, 2.24) is 10.9 Å². The topological polar surface area (TPSA) is 67.2 Å². The van der Waals surface area contributed by atoms with Crippen LogP contribution in [0.15, 0.2) is 34.9 Å². The molecule has 1 aromatic rings. The van der Waals surface area contributed by atoms with Crippen molar-refractivity contribution < 1.29 is 4.79 Å². The maximum atomic E-state index is 11.2. The first-order chi connectivity index (χ1) is 7.77. The summed E-state index contributed by atoms with van der Waals surface area (Å²) in [6, 6.07) is 8.01. The second-order valence-corrected chi connectivity index (χ2v) is 4.40. The molecule has 1 amide bonds. The predicted octanol–water partition coefficient (Wildman–Crippen LogP) is -0.916. The molecule has 2 aliphatic heterocycles. The van der Waals surface area contributed by atoms with Crippen LogP contribution < -0.4 is 27.0 Å². The van der Waals surface area contributed by atoms with Crippen LogP contribution in [0.4, 0.5) is 0 Å². The van der Waals surface area contributed by atoms with E-state index >= 15 is 0 Å². The summed E-state index contributed by atoms with van der Waals surface area (Å²) in [5.41, 5.74) is 12.5. The molecule has 0 atom stereocenters. The molecule has 80 valence electrons. The van der Waals surface area contributed by atoms with Crippen molar-refractivity contribution in [3.8, 4) is 0 Å². The van der Waals surface area contributed by atoms with E-state index in [0.29, 0.717) is 5.70 Å². The Kier molecular flexibility index (Phi) is 1.94. The van der Waals surface area contributed by atoms with Crippen LogP contribution in [-0.4, -0.2) is 5.91 Å². The highest BCUT2D eigenvalue weighted by atomic mass is 32.2. The number of carbonyl (C=O) groups is 1. The van der Waals surface area contributed by atoms with Gasteiger partial charge in [-0.2, -0.15) is 0 Å². The van der Waals surface area contributed by atoms with Crippen LogP contribution in [0.1, 0.15) is 0 Å². The first-order valence-corrected chi connectivity index (χ1v) is 5.68. The van der Waals surface area contributed by atoms with Gasteiger partial charge in [-0.05, 0) is 10.6 Å². The highest BCUT2D eigenvalue weighted by Gasteiger charge is 2.25. The van der Waals surface area contributed by atoms with Gasteiger partial charge in [-0.1, -0.05) is 36.0 Å². The van der Waals surface area contributed by atoms with Crippen molar-refractivity contribution in [1.29, 1.82) is 0 Å². The second kappa shape index (κ2) is 3.31. The number of hydrogen-bond donors (Lipinski definition) is 3. The first-order valence-electron chi connectivity index (χ1n) is 4.80. The van der Waals surface area contributed by atoms with Gasteiger partial charge < -0.3 is 5.73 Å². The number of hydrazine groups is 1. The Balaban J connectivity index is 2.34. The molecule has 0 fully saturated rings. The van der Waals surface area contributed by atoms with Crippen molar-refractivity contribution >= 4 is 28.8 Å². The molecule has 0 saturated heterocycles. The Morgan fingerprint density at radius 2 is 2.06 bits per heavy atom. The van der Waals surface area contributed by atoms with Crippen LogP contribution in [0.2, 0.25) is 0 Å². The smallest absolute Gasteiger partial charge is 0.267 e. The van der Waals surface area contributed by atoms with Crippen LogP contribution in [0.25, 0.3) is 11.1 Å². The summed E-state index contributed by atoms with van der Waals surface area (Å²) >= 11 is 1.50. The van der Waals surface area contributed by atoms with Gasteiger partial charge in [0.1, 0.15) is 5.70 Å². The molecule has 0 saturated carbocycles. The van der Waals surface area contributed by atoms with Crippen molar-refractivity contribution in [3.63, 3.8) is 0 Å². The number of primary amides is 1. The molecule has 0 aromatic heterocycles. The largest absolute Gasteiger partial charge is 0.364 e. The van der Waals surface area contributed by atoms with Gasteiger partial charge in [0.05, 0.1) is 10.6 Å². The van der Waals surface area contributed by atoms with E-state index in [4.69, 9.17) is 5.73 Å². The molecule has 3 rings (SSSR count). The van der Waals surface area contributed by atoms with Crippen LogP contribution in [-0.2, 0) is 4.79 Å². The van der Waals surface area contributed by atoms with Gasteiger partial charge in [-0.15, -0.1) is 0 Å². The van der Waals surface area contributed by atoms with Gasteiger partial charge in [0.2, 0.25) is 0 Å². The van der Waals surface area contributed by atoms with Crippen LogP contribution in [0.3, 0.4) is 0 Å². The fourth-order valence-electron chi connectivity index (χ4n) is 1.79. The quantitative estimate of drug-likeness (QED) is 0.585. The molecule has 5 heteroatoms. The first kappa shape index (κ1) is 9.35. The number of benzene rings is 1. The van der Waals surface area contributed by atoms with Crippen LogP contribution in [0.5, 0.6) is 0 Å². The van der Waals surface area contributed by atoms with E-state index in [9.17, 15) is 4.79 Å². The standard InChI is InChI=1S/C11H9N3OS/c12-11(15)9-10-8(13-14-9)7-4-2-1-3-6(7)5-16-10/h1-5,13-14H,(H2,12,15). The maximum Gasteiger partial charge on any atom is 0.267 e. The van der Waals surface area contributed by atoms with E-state index in [2.05, 4.69) is 10.9 Å². The zero-order chi connectivity index (χ0) is 11.1. The van der Waals surface area contributed by atoms with Crippen molar-refractivity contribution in [2.75, 3.05) is 0 Å². The van der Waals surface area contributed by atoms with Gasteiger partial charge >= 0.3 is 0 Å². The Bertz CT molecular complexity index is 633. The summed E-state index contributed by atoms with van der Waals surface area (Å²) in [4.78, 5) is 12.1. The van der Waals surface area contributed by atoms with E-state index in [1.807, 2.05) is 29.7 Å². The van der Waals surface area contributed by atoms with Gasteiger partial charge in [0.15, 0.2) is 0 Å². The van der Waals surface area contributed by atoms with Gasteiger partial charge in [-0.3, -0.25) is 15.6 Å². The van der Waals surface area contributed by atoms with E-state index in [1.165, 1.54) is 11.8 Å². The van der Waals surface area contributed by atoms with Crippen LogP contribution in [0, 0.1) is 0 Å². The molecular weight excluding hydrogens is 222 g/mol. The Morgan fingerprint density at radius 1 is 1.25 bits per heavy atom. The third-order valence-corrected chi connectivity index (χ3v) is 3.56. The monoisotopic (exact) mass is 231 g/mol. The van der Waals surface area contributed by atoms with E-state index < -0.39 is 5.91 Å². The minimum atomic E-state index is -0.446. The average Bonchev–Trinajstić information content (AvgIpc) is 2.73. The lowest BCUT2D eigenvalue weighted by atomic mass is 10.2. The Labute approximate surface area is 95.9 Å². The number of fused-ring (bicyclic) bond motifs is 2. The van der Waals surface area contributed by atoms with Crippen molar-refractivity contribution in [2.45, 2.75) is 0 Å². The van der Waals surface area contributed by atoms with Crippen molar-refractivity contribution in [2.24, 2.45) is 5.73 Å². The Hall–Kier alpha value is -1.88. The molecule has 4 nitrogen and oxygen atoms in total. The average molecular weight is 231 g/mol. The summed E-state index contributed by atoms with van der Waals surface area (Å²) in [7, 11) is 0.